The predicted molar refractivity (Wildman–Crippen MR) is 96.4 cm³/mol. The van der Waals surface area contributed by atoms with Crippen molar-refractivity contribution < 1.29 is 18.0 Å². The Hall–Kier alpha value is -2.38. The summed E-state index contributed by atoms with van der Waals surface area (Å²) in [6.07, 6.45) is 1.46. The van der Waals surface area contributed by atoms with Gasteiger partial charge in [0.25, 0.3) is 0 Å². The third-order valence-electron chi connectivity index (χ3n) is 5.62. The Balaban J connectivity index is 1.53. The molecule has 1 fully saturated rings. The normalized spacial score (nSPS) is 20.1. The summed E-state index contributed by atoms with van der Waals surface area (Å²) in [4.78, 5) is 14.7. The van der Waals surface area contributed by atoms with E-state index in [1.165, 1.54) is 6.07 Å². The number of carbonyl (C=O) groups is 1. The van der Waals surface area contributed by atoms with Crippen LogP contribution >= 0.6 is 0 Å². The minimum absolute atomic E-state index is 0.0403. The van der Waals surface area contributed by atoms with Crippen LogP contribution in [0, 0.1) is 0 Å². The largest absolute Gasteiger partial charge is 0.416 e. The fourth-order valence-corrected chi connectivity index (χ4v) is 4.22. The van der Waals surface area contributed by atoms with Gasteiger partial charge in [0.1, 0.15) is 5.82 Å². The van der Waals surface area contributed by atoms with Crippen molar-refractivity contribution in [1.82, 2.24) is 19.7 Å². The fourth-order valence-electron chi connectivity index (χ4n) is 4.22. The molecule has 2 aliphatic heterocycles. The van der Waals surface area contributed by atoms with Gasteiger partial charge >= 0.3 is 6.18 Å². The van der Waals surface area contributed by atoms with E-state index >= 15 is 0 Å². The van der Waals surface area contributed by atoms with Gasteiger partial charge in [-0.15, -0.1) is 10.2 Å². The smallest absolute Gasteiger partial charge is 0.332 e. The van der Waals surface area contributed by atoms with Crippen molar-refractivity contribution in [2.24, 2.45) is 0 Å². The molecule has 0 spiro atoms. The maximum absolute atomic E-state index is 12.9. The lowest BCUT2D eigenvalue weighted by Gasteiger charge is -2.25. The number of likely N-dealkylation sites (tertiary alicyclic amines) is 1. The van der Waals surface area contributed by atoms with E-state index in [0.29, 0.717) is 12.1 Å². The van der Waals surface area contributed by atoms with Crippen LogP contribution in [0.15, 0.2) is 24.3 Å². The predicted octanol–water partition coefficient (Wildman–Crippen LogP) is 3.93. The van der Waals surface area contributed by atoms with Gasteiger partial charge in [0, 0.05) is 19.5 Å². The molecule has 8 heteroatoms. The molecule has 0 aliphatic carbocycles. The molecule has 1 aromatic heterocycles. The quantitative estimate of drug-likeness (QED) is 0.795. The monoisotopic (exact) mass is 392 g/mol. The maximum atomic E-state index is 12.9. The van der Waals surface area contributed by atoms with Crippen LogP contribution in [0.1, 0.15) is 60.9 Å². The molecular weight excluding hydrogens is 369 g/mol. The van der Waals surface area contributed by atoms with Crippen molar-refractivity contribution in [3.63, 3.8) is 0 Å². The van der Waals surface area contributed by atoms with Crippen molar-refractivity contribution in [3.8, 4) is 0 Å². The third kappa shape index (κ3) is 3.77. The van der Waals surface area contributed by atoms with Crippen LogP contribution in [-0.4, -0.2) is 32.1 Å². The van der Waals surface area contributed by atoms with Gasteiger partial charge in [-0.3, -0.25) is 4.79 Å². The molecule has 0 radical (unpaired) electrons. The van der Waals surface area contributed by atoms with Crippen LogP contribution in [0.2, 0.25) is 0 Å². The highest BCUT2D eigenvalue weighted by atomic mass is 19.4. The highest BCUT2D eigenvalue weighted by Crippen LogP contribution is 2.33. The second-order valence-electron chi connectivity index (χ2n) is 7.56. The van der Waals surface area contributed by atoms with Gasteiger partial charge in [0.05, 0.1) is 18.0 Å². The van der Waals surface area contributed by atoms with Gasteiger partial charge in [-0.1, -0.05) is 24.6 Å². The number of benzene rings is 1. The molecule has 1 aromatic carbocycles. The van der Waals surface area contributed by atoms with Gasteiger partial charge < -0.3 is 9.47 Å². The Morgan fingerprint density at radius 2 is 1.96 bits per heavy atom. The molecule has 5 nitrogen and oxygen atoms in total. The van der Waals surface area contributed by atoms with E-state index in [4.69, 9.17) is 0 Å². The van der Waals surface area contributed by atoms with Crippen LogP contribution in [0.4, 0.5) is 13.2 Å². The number of fused-ring (bicyclic) bond motifs is 1. The number of amides is 1. The number of rotatable bonds is 3. The lowest BCUT2D eigenvalue weighted by molar-refractivity contribution is -0.138. The summed E-state index contributed by atoms with van der Waals surface area (Å²) in [6, 6.07) is 4.87. The van der Waals surface area contributed by atoms with Crippen molar-refractivity contribution >= 4 is 5.91 Å². The summed E-state index contributed by atoms with van der Waals surface area (Å²) in [5.41, 5.74) is -0.343. The third-order valence-corrected chi connectivity index (χ3v) is 5.62. The molecule has 1 amide bonds. The van der Waals surface area contributed by atoms with E-state index in [2.05, 4.69) is 14.8 Å². The first kappa shape index (κ1) is 19.0. The number of hydrogen-bond acceptors (Lipinski definition) is 3. The van der Waals surface area contributed by atoms with E-state index in [0.717, 1.165) is 68.9 Å². The Kier molecular flexibility index (Phi) is 5.12. The van der Waals surface area contributed by atoms with Gasteiger partial charge in [0.15, 0.2) is 5.82 Å². The number of aryl methyl sites for hydroxylation is 1. The Morgan fingerprint density at radius 1 is 1.11 bits per heavy atom. The van der Waals surface area contributed by atoms with Crippen molar-refractivity contribution in [2.45, 2.75) is 63.7 Å². The van der Waals surface area contributed by atoms with E-state index in [1.54, 1.807) is 11.0 Å². The molecule has 1 unspecified atom stereocenters. The Morgan fingerprint density at radius 3 is 2.79 bits per heavy atom. The summed E-state index contributed by atoms with van der Waals surface area (Å²) in [5, 5.41) is 8.71. The van der Waals surface area contributed by atoms with Crippen LogP contribution in [-0.2, 0) is 30.4 Å². The first-order valence-corrected chi connectivity index (χ1v) is 9.81. The van der Waals surface area contributed by atoms with E-state index in [-0.39, 0.29) is 18.4 Å². The molecule has 1 saturated heterocycles. The van der Waals surface area contributed by atoms with Crippen LogP contribution in [0.5, 0.6) is 0 Å². The molecule has 0 saturated carbocycles. The summed E-state index contributed by atoms with van der Waals surface area (Å²) < 4.78 is 40.9. The first-order chi connectivity index (χ1) is 13.4. The van der Waals surface area contributed by atoms with Crippen LogP contribution in [0.3, 0.4) is 0 Å². The highest BCUT2D eigenvalue weighted by molar-refractivity contribution is 5.79. The SMILES string of the molecule is O=C(Cc1cccc(C(F)(F)F)c1)N1CCCC1c1nnc2n1CCCCC2. The molecule has 1 atom stereocenters. The molecule has 2 aliphatic rings. The van der Waals surface area contributed by atoms with Crippen molar-refractivity contribution in [1.29, 1.82) is 0 Å². The fraction of sp³-hybridized carbons (Fsp3) is 0.550. The van der Waals surface area contributed by atoms with Crippen LogP contribution < -0.4 is 0 Å². The van der Waals surface area contributed by atoms with Crippen molar-refractivity contribution in [3.05, 3.63) is 47.0 Å². The number of alkyl halides is 3. The zero-order valence-corrected chi connectivity index (χ0v) is 15.6. The van der Waals surface area contributed by atoms with Gasteiger partial charge in [-0.05, 0) is 37.3 Å². The van der Waals surface area contributed by atoms with E-state index < -0.39 is 11.7 Å². The molecular formula is C20H23F3N4O. The maximum Gasteiger partial charge on any atom is 0.416 e. The number of halogens is 3. The Labute approximate surface area is 161 Å². The van der Waals surface area contributed by atoms with Gasteiger partial charge in [-0.25, -0.2) is 0 Å². The average Bonchev–Trinajstić information content (AvgIpc) is 3.22. The van der Waals surface area contributed by atoms with E-state index in [1.807, 2.05) is 0 Å². The summed E-state index contributed by atoms with van der Waals surface area (Å²) >= 11 is 0. The standard InChI is InChI=1S/C20H23F3N4O/c21-20(22,23)15-7-4-6-14(12-15)13-18(28)26-11-5-8-16(26)19-25-24-17-9-2-1-3-10-27(17)19/h4,6-7,12,16H,1-3,5,8-11,13H2. The minimum atomic E-state index is -4.41. The number of nitrogens with zero attached hydrogens (tertiary/aromatic N) is 4. The minimum Gasteiger partial charge on any atom is -0.332 e. The second kappa shape index (κ2) is 7.56. The van der Waals surface area contributed by atoms with E-state index in [9.17, 15) is 18.0 Å². The average molecular weight is 392 g/mol. The lowest BCUT2D eigenvalue weighted by Crippen LogP contribution is -2.33. The zero-order chi connectivity index (χ0) is 19.7. The molecule has 4 rings (SSSR count). The summed E-state index contributed by atoms with van der Waals surface area (Å²) in [6.45, 7) is 1.47. The summed E-state index contributed by atoms with van der Waals surface area (Å²) in [7, 11) is 0. The molecule has 28 heavy (non-hydrogen) atoms. The lowest BCUT2D eigenvalue weighted by atomic mass is 10.1. The highest BCUT2D eigenvalue weighted by Gasteiger charge is 2.35. The topological polar surface area (TPSA) is 51.0 Å². The number of aromatic nitrogens is 3. The molecule has 2 aromatic rings. The first-order valence-electron chi connectivity index (χ1n) is 9.81. The van der Waals surface area contributed by atoms with Crippen molar-refractivity contribution in [2.75, 3.05) is 6.54 Å². The van der Waals surface area contributed by atoms with Crippen LogP contribution in [0.25, 0.3) is 0 Å². The van der Waals surface area contributed by atoms with Gasteiger partial charge in [0.2, 0.25) is 5.91 Å². The number of carbonyl (C=O) groups excluding carboxylic acids is 1. The molecule has 0 N–H and O–H groups in total. The second-order valence-corrected chi connectivity index (χ2v) is 7.56. The zero-order valence-electron chi connectivity index (χ0n) is 15.6. The van der Waals surface area contributed by atoms with Gasteiger partial charge in [-0.2, -0.15) is 13.2 Å². The molecule has 150 valence electrons. The number of hydrogen-bond donors (Lipinski definition) is 0. The molecule has 3 heterocycles. The summed E-state index contributed by atoms with van der Waals surface area (Å²) in [5.74, 6) is 1.64. The Bertz CT molecular complexity index is 861. The molecule has 0 bridgehead atoms.